The molecule has 0 fully saturated rings. The summed E-state index contributed by atoms with van der Waals surface area (Å²) in [6.07, 6.45) is 10.1. The minimum absolute atomic E-state index is 0.0655. The maximum Gasteiger partial charge on any atom is 0.140 e. The summed E-state index contributed by atoms with van der Waals surface area (Å²) in [4.78, 5) is 2.08. The van der Waals surface area contributed by atoms with Crippen molar-refractivity contribution in [3.05, 3.63) is 24.5 Å². The first-order valence-corrected chi connectivity index (χ1v) is 5.65. The molecule has 0 spiro atoms. The van der Waals surface area contributed by atoms with E-state index in [0.29, 0.717) is 5.82 Å². The van der Waals surface area contributed by atoms with Crippen LogP contribution < -0.4 is 5.73 Å². The number of nitrogens with zero attached hydrogens (tertiary/aromatic N) is 1. The average molecular weight is 210 g/mol. The number of nitrogens with two attached hydrogens (primary N) is 1. The maximum atomic E-state index is 5.88. The highest BCUT2D eigenvalue weighted by atomic mass is 16.5. The zero-order valence-corrected chi connectivity index (χ0v) is 9.99. The lowest BCUT2D eigenvalue weighted by atomic mass is 9.95. The first-order chi connectivity index (χ1) is 7.08. The molecule has 3 heteroatoms. The van der Waals surface area contributed by atoms with Gasteiger partial charge in [-0.25, -0.2) is 0 Å². The second-order valence-electron chi connectivity index (χ2n) is 4.60. The Bertz CT molecular complexity index is 256. The smallest absolute Gasteiger partial charge is 0.140 e. The van der Waals surface area contributed by atoms with Crippen LogP contribution in [0, 0.1) is 0 Å². The lowest BCUT2D eigenvalue weighted by Gasteiger charge is -2.38. The summed E-state index contributed by atoms with van der Waals surface area (Å²) in [5.41, 5.74) is 5.95. The molecule has 0 radical (unpaired) electrons. The van der Waals surface area contributed by atoms with Gasteiger partial charge in [0.15, 0.2) is 0 Å². The van der Waals surface area contributed by atoms with Gasteiger partial charge in [-0.1, -0.05) is 26.2 Å². The van der Waals surface area contributed by atoms with E-state index >= 15 is 0 Å². The standard InChI is InChI=1S/C12H22N2O/c1-4-5-6-7-12(2,3)14-8-9-15-10-11(14)13/h8-10H,4-7,13H2,1-3H3. The topological polar surface area (TPSA) is 38.5 Å². The largest absolute Gasteiger partial charge is 0.467 e. The molecule has 1 rings (SSSR count). The van der Waals surface area contributed by atoms with Crippen LogP contribution in [0.15, 0.2) is 24.5 Å². The Kier molecular flexibility index (Phi) is 4.06. The third-order valence-corrected chi connectivity index (χ3v) is 2.80. The van der Waals surface area contributed by atoms with Crippen molar-refractivity contribution in [2.24, 2.45) is 5.73 Å². The van der Waals surface area contributed by atoms with Crippen molar-refractivity contribution >= 4 is 0 Å². The summed E-state index contributed by atoms with van der Waals surface area (Å²) in [6, 6.07) is 0. The number of hydrogen-bond donors (Lipinski definition) is 1. The highest BCUT2D eigenvalue weighted by Crippen LogP contribution is 2.26. The Morgan fingerprint density at radius 1 is 1.40 bits per heavy atom. The van der Waals surface area contributed by atoms with Gasteiger partial charge < -0.3 is 15.4 Å². The summed E-state index contributed by atoms with van der Waals surface area (Å²) in [5.74, 6) is 0.680. The Morgan fingerprint density at radius 3 is 2.73 bits per heavy atom. The lowest BCUT2D eigenvalue weighted by Crippen LogP contribution is -2.42. The summed E-state index contributed by atoms with van der Waals surface area (Å²) in [6.45, 7) is 6.63. The normalized spacial score (nSPS) is 16.2. The minimum atomic E-state index is 0.0655. The van der Waals surface area contributed by atoms with Crippen LogP contribution >= 0.6 is 0 Å². The van der Waals surface area contributed by atoms with Crippen LogP contribution in [0.1, 0.15) is 46.5 Å². The van der Waals surface area contributed by atoms with Crippen LogP contribution in [0.3, 0.4) is 0 Å². The molecule has 15 heavy (non-hydrogen) atoms. The summed E-state index contributed by atoms with van der Waals surface area (Å²) >= 11 is 0. The van der Waals surface area contributed by atoms with E-state index in [1.165, 1.54) is 19.3 Å². The van der Waals surface area contributed by atoms with Gasteiger partial charge in [-0.05, 0) is 20.3 Å². The Balaban J connectivity index is 2.55. The molecule has 0 unspecified atom stereocenters. The Labute approximate surface area is 92.6 Å². The molecule has 0 aromatic carbocycles. The molecule has 0 amide bonds. The number of ether oxygens (including phenoxy) is 1. The Hall–Kier alpha value is -1.12. The second-order valence-corrected chi connectivity index (χ2v) is 4.60. The molecule has 0 aromatic rings. The molecule has 2 N–H and O–H groups in total. The summed E-state index contributed by atoms with van der Waals surface area (Å²) in [7, 11) is 0. The average Bonchev–Trinajstić information content (AvgIpc) is 2.18. The number of rotatable bonds is 5. The molecule has 0 aromatic heterocycles. The fourth-order valence-corrected chi connectivity index (χ4v) is 1.83. The van der Waals surface area contributed by atoms with Crippen molar-refractivity contribution in [2.45, 2.75) is 52.0 Å². The van der Waals surface area contributed by atoms with Crippen molar-refractivity contribution in [3.8, 4) is 0 Å². The molecule has 3 nitrogen and oxygen atoms in total. The molecule has 86 valence electrons. The van der Waals surface area contributed by atoms with Gasteiger partial charge in [0.2, 0.25) is 0 Å². The third kappa shape index (κ3) is 3.18. The molecule has 1 heterocycles. The van der Waals surface area contributed by atoms with E-state index in [0.717, 1.165) is 6.42 Å². The zero-order chi connectivity index (χ0) is 11.3. The van der Waals surface area contributed by atoms with Gasteiger partial charge in [-0.2, -0.15) is 0 Å². The lowest BCUT2D eigenvalue weighted by molar-refractivity contribution is 0.183. The van der Waals surface area contributed by atoms with Gasteiger partial charge in [0.1, 0.15) is 18.3 Å². The van der Waals surface area contributed by atoms with Crippen molar-refractivity contribution < 1.29 is 4.74 Å². The van der Waals surface area contributed by atoms with Crippen molar-refractivity contribution in [1.29, 1.82) is 0 Å². The van der Waals surface area contributed by atoms with E-state index in [4.69, 9.17) is 10.5 Å². The predicted molar refractivity (Wildman–Crippen MR) is 62.6 cm³/mol. The van der Waals surface area contributed by atoms with Gasteiger partial charge >= 0.3 is 0 Å². The fourth-order valence-electron chi connectivity index (χ4n) is 1.83. The van der Waals surface area contributed by atoms with Crippen LogP contribution in [-0.4, -0.2) is 10.4 Å². The maximum absolute atomic E-state index is 5.88. The van der Waals surface area contributed by atoms with Crippen LogP contribution in [0.5, 0.6) is 0 Å². The second kappa shape index (κ2) is 5.10. The minimum Gasteiger partial charge on any atom is -0.467 e. The van der Waals surface area contributed by atoms with Crippen molar-refractivity contribution in [1.82, 2.24) is 4.90 Å². The molecule has 1 aliphatic heterocycles. The van der Waals surface area contributed by atoms with E-state index in [1.807, 2.05) is 6.20 Å². The van der Waals surface area contributed by atoms with E-state index < -0.39 is 0 Å². The van der Waals surface area contributed by atoms with Crippen LogP contribution in [0.25, 0.3) is 0 Å². The first-order valence-electron chi connectivity index (χ1n) is 5.65. The van der Waals surface area contributed by atoms with Gasteiger partial charge in [0.05, 0.1) is 0 Å². The molecule has 0 saturated heterocycles. The van der Waals surface area contributed by atoms with Gasteiger partial charge in [0.25, 0.3) is 0 Å². The number of hydrogen-bond acceptors (Lipinski definition) is 3. The van der Waals surface area contributed by atoms with E-state index in [-0.39, 0.29) is 5.54 Å². The molecule has 0 aliphatic carbocycles. The fraction of sp³-hybridized carbons (Fsp3) is 0.667. The SMILES string of the molecule is CCCCCC(C)(C)N1C=COC=C1N. The van der Waals surface area contributed by atoms with Crippen LogP contribution in [0.4, 0.5) is 0 Å². The van der Waals surface area contributed by atoms with Crippen LogP contribution in [0.2, 0.25) is 0 Å². The summed E-state index contributed by atoms with van der Waals surface area (Å²) in [5, 5.41) is 0. The van der Waals surface area contributed by atoms with Crippen molar-refractivity contribution in [2.75, 3.05) is 0 Å². The Morgan fingerprint density at radius 2 is 2.13 bits per heavy atom. The summed E-state index contributed by atoms with van der Waals surface area (Å²) < 4.78 is 5.02. The van der Waals surface area contributed by atoms with Gasteiger partial charge in [0, 0.05) is 11.7 Å². The molecule has 0 atom stereocenters. The highest BCUT2D eigenvalue weighted by molar-refractivity contribution is 5.07. The quantitative estimate of drug-likeness (QED) is 0.709. The van der Waals surface area contributed by atoms with Gasteiger partial charge in [-0.3, -0.25) is 0 Å². The third-order valence-electron chi connectivity index (χ3n) is 2.80. The van der Waals surface area contributed by atoms with Crippen LogP contribution in [-0.2, 0) is 4.74 Å². The van der Waals surface area contributed by atoms with Crippen molar-refractivity contribution in [3.63, 3.8) is 0 Å². The molecule has 0 bridgehead atoms. The molecular formula is C12H22N2O. The zero-order valence-electron chi connectivity index (χ0n) is 9.99. The molecule has 1 aliphatic rings. The van der Waals surface area contributed by atoms with E-state index in [9.17, 15) is 0 Å². The van der Waals surface area contributed by atoms with Gasteiger partial charge in [-0.15, -0.1) is 0 Å². The molecule has 0 saturated carbocycles. The highest BCUT2D eigenvalue weighted by Gasteiger charge is 2.26. The van der Waals surface area contributed by atoms with E-state index in [2.05, 4.69) is 25.7 Å². The first kappa shape index (κ1) is 12.0. The van der Waals surface area contributed by atoms with E-state index in [1.54, 1.807) is 12.5 Å². The monoisotopic (exact) mass is 210 g/mol. The number of unbranched alkanes of at least 4 members (excludes halogenated alkanes) is 2. The predicted octanol–water partition coefficient (Wildman–Crippen LogP) is 2.91. The molecular weight excluding hydrogens is 188 g/mol.